The Hall–Kier alpha value is -2.55. The van der Waals surface area contributed by atoms with Gasteiger partial charge in [-0.15, -0.1) is 0 Å². The number of carbonyl (C=O) groups is 1. The molecule has 0 atom stereocenters. The van der Waals surface area contributed by atoms with Gasteiger partial charge in [-0.25, -0.2) is 0 Å². The van der Waals surface area contributed by atoms with Gasteiger partial charge in [0.15, 0.2) is 0 Å². The van der Waals surface area contributed by atoms with Gasteiger partial charge in [0.2, 0.25) is 5.91 Å². The van der Waals surface area contributed by atoms with Crippen LogP contribution in [0.3, 0.4) is 0 Å². The average Bonchev–Trinajstić information content (AvgIpc) is 2.56. The zero-order chi connectivity index (χ0) is 15.6. The van der Waals surface area contributed by atoms with Crippen LogP contribution in [0.1, 0.15) is 17.5 Å². The third-order valence-corrected chi connectivity index (χ3v) is 3.29. The number of benzene rings is 2. The summed E-state index contributed by atoms with van der Waals surface area (Å²) in [5.41, 5.74) is 2.07. The van der Waals surface area contributed by atoms with E-state index in [0.717, 1.165) is 17.7 Å². The second-order valence-corrected chi connectivity index (χ2v) is 4.94. The summed E-state index contributed by atoms with van der Waals surface area (Å²) in [5.74, 6) is 0.763. The van der Waals surface area contributed by atoms with Crippen LogP contribution >= 0.6 is 0 Å². The molecule has 2 rings (SSSR count). The Labute approximate surface area is 131 Å². The maximum Gasteiger partial charge on any atom is 0.224 e. The Balaban J connectivity index is 1.73. The Morgan fingerprint density at radius 1 is 1.09 bits per heavy atom. The fourth-order valence-electron chi connectivity index (χ4n) is 2.16. The molecule has 0 radical (unpaired) electrons. The van der Waals surface area contributed by atoms with Crippen LogP contribution in [0, 0.1) is 0 Å². The summed E-state index contributed by atoms with van der Waals surface area (Å²) >= 11 is 0. The highest BCUT2D eigenvalue weighted by Crippen LogP contribution is 2.17. The van der Waals surface area contributed by atoms with Gasteiger partial charge >= 0.3 is 0 Å². The van der Waals surface area contributed by atoms with Crippen LogP contribution < -0.4 is 10.1 Å². The highest BCUT2D eigenvalue weighted by Gasteiger charge is 2.06. The number of nitrogens with one attached hydrogen (secondary N) is 1. The molecule has 0 heterocycles. The molecule has 0 aromatic heterocycles. The summed E-state index contributed by atoms with van der Waals surface area (Å²) in [6.07, 6.45) is 5.28. The first-order valence-electron chi connectivity index (χ1n) is 7.40. The molecule has 0 saturated heterocycles. The molecule has 0 aliphatic heterocycles. The second-order valence-electron chi connectivity index (χ2n) is 4.94. The van der Waals surface area contributed by atoms with E-state index in [2.05, 4.69) is 29.6 Å². The number of hydrogen-bond acceptors (Lipinski definition) is 2. The maximum absolute atomic E-state index is 11.9. The minimum Gasteiger partial charge on any atom is -0.496 e. The quantitative estimate of drug-likeness (QED) is 0.794. The molecular weight excluding hydrogens is 274 g/mol. The first-order valence-corrected chi connectivity index (χ1v) is 7.40. The van der Waals surface area contributed by atoms with Crippen LogP contribution in [0.2, 0.25) is 0 Å². The summed E-state index contributed by atoms with van der Waals surface area (Å²) in [7, 11) is 1.62. The molecule has 1 amide bonds. The smallest absolute Gasteiger partial charge is 0.224 e. The SMILES string of the molecule is COc1ccccc1CC(=O)NCC/C=C/c1ccccc1. The Morgan fingerprint density at radius 3 is 2.59 bits per heavy atom. The minimum absolute atomic E-state index is 0.0117. The van der Waals surface area contributed by atoms with Gasteiger partial charge in [0.1, 0.15) is 5.75 Å². The third-order valence-electron chi connectivity index (χ3n) is 3.29. The van der Waals surface area contributed by atoms with Gasteiger partial charge in [-0.05, 0) is 18.1 Å². The molecule has 0 unspecified atom stereocenters. The Morgan fingerprint density at radius 2 is 1.82 bits per heavy atom. The predicted octanol–water partition coefficient (Wildman–Crippen LogP) is 3.46. The van der Waals surface area contributed by atoms with Gasteiger partial charge in [-0.1, -0.05) is 60.7 Å². The number of hydrogen-bond donors (Lipinski definition) is 1. The van der Waals surface area contributed by atoms with Crippen molar-refractivity contribution in [2.24, 2.45) is 0 Å². The van der Waals surface area contributed by atoms with E-state index in [1.54, 1.807) is 7.11 Å². The zero-order valence-electron chi connectivity index (χ0n) is 12.8. The minimum atomic E-state index is 0.0117. The zero-order valence-corrected chi connectivity index (χ0v) is 12.8. The highest BCUT2D eigenvalue weighted by molar-refractivity contribution is 5.79. The molecule has 0 aliphatic carbocycles. The molecule has 1 N–H and O–H groups in total. The fourth-order valence-corrected chi connectivity index (χ4v) is 2.16. The molecule has 2 aromatic rings. The molecule has 0 bridgehead atoms. The second kappa shape index (κ2) is 8.67. The van der Waals surface area contributed by atoms with Gasteiger partial charge in [0.05, 0.1) is 13.5 Å². The first-order chi connectivity index (χ1) is 10.8. The molecule has 22 heavy (non-hydrogen) atoms. The number of amides is 1. The third kappa shape index (κ3) is 5.09. The van der Waals surface area contributed by atoms with Crippen LogP contribution in [-0.4, -0.2) is 19.6 Å². The van der Waals surface area contributed by atoms with Gasteiger partial charge in [0, 0.05) is 12.1 Å². The summed E-state index contributed by atoms with van der Waals surface area (Å²) in [4.78, 5) is 11.9. The molecule has 3 nitrogen and oxygen atoms in total. The van der Waals surface area contributed by atoms with E-state index in [0.29, 0.717) is 13.0 Å². The lowest BCUT2D eigenvalue weighted by atomic mass is 10.1. The van der Waals surface area contributed by atoms with E-state index in [-0.39, 0.29) is 5.91 Å². The summed E-state index contributed by atoms with van der Waals surface area (Å²) in [6.45, 7) is 0.636. The predicted molar refractivity (Wildman–Crippen MR) is 89.8 cm³/mol. The lowest BCUT2D eigenvalue weighted by Gasteiger charge is -2.08. The van der Waals surface area contributed by atoms with Gasteiger partial charge in [-0.2, -0.15) is 0 Å². The van der Waals surface area contributed by atoms with Crippen LogP contribution in [0.15, 0.2) is 60.7 Å². The van der Waals surface area contributed by atoms with E-state index in [1.807, 2.05) is 42.5 Å². The van der Waals surface area contributed by atoms with E-state index >= 15 is 0 Å². The normalized spacial score (nSPS) is 10.6. The lowest BCUT2D eigenvalue weighted by molar-refractivity contribution is -0.120. The monoisotopic (exact) mass is 295 g/mol. The molecule has 0 spiro atoms. The number of rotatable bonds is 7. The van der Waals surface area contributed by atoms with Crippen molar-refractivity contribution < 1.29 is 9.53 Å². The van der Waals surface area contributed by atoms with Gasteiger partial charge in [0.25, 0.3) is 0 Å². The van der Waals surface area contributed by atoms with Crippen molar-refractivity contribution in [2.75, 3.05) is 13.7 Å². The van der Waals surface area contributed by atoms with Gasteiger partial charge < -0.3 is 10.1 Å². The summed E-state index contributed by atoms with van der Waals surface area (Å²) < 4.78 is 5.25. The topological polar surface area (TPSA) is 38.3 Å². The molecule has 0 fully saturated rings. The van der Waals surface area contributed by atoms with E-state index < -0.39 is 0 Å². The van der Waals surface area contributed by atoms with E-state index in [4.69, 9.17) is 4.74 Å². The van der Waals surface area contributed by atoms with Crippen LogP contribution in [0.25, 0.3) is 6.08 Å². The molecular formula is C19H21NO2. The van der Waals surface area contributed by atoms with E-state index in [1.165, 1.54) is 5.56 Å². The van der Waals surface area contributed by atoms with Crippen LogP contribution in [0.4, 0.5) is 0 Å². The standard InChI is InChI=1S/C19H21NO2/c1-22-18-13-6-5-12-17(18)15-19(21)20-14-8-7-11-16-9-3-2-4-10-16/h2-7,9-13H,8,14-15H2,1H3,(H,20,21)/b11-7+. The van der Waals surface area contributed by atoms with Crippen molar-refractivity contribution in [3.05, 3.63) is 71.8 Å². The van der Waals surface area contributed by atoms with Gasteiger partial charge in [-0.3, -0.25) is 4.79 Å². The van der Waals surface area contributed by atoms with E-state index in [9.17, 15) is 4.79 Å². The Bertz CT molecular complexity index is 620. The number of para-hydroxylation sites is 1. The number of methoxy groups -OCH3 is 1. The van der Waals surface area contributed by atoms with Crippen molar-refractivity contribution in [2.45, 2.75) is 12.8 Å². The van der Waals surface area contributed by atoms with Crippen molar-refractivity contribution >= 4 is 12.0 Å². The van der Waals surface area contributed by atoms with Crippen LogP contribution in [-0.2, 0) is 11.2 Å². The first kappa shape index (κ1) is 15.8. The summed E-state index contributed by atoms with van der Waals surface area (Å²) in [5, 5.41) is 2.92. The molecule has 0 aliphatic rings. The van der Waals surface area contributed by atoms with Crippen molar-refractivity contribution in [3.8, 4) is 5.75 Å². The molecule has 0 saturated carbocycles. The lowest BCUT2D eigenvalue weighted by Crippen LogP contribution is -2.25. The number of carbonyl (C=O) groups excluding carboxylic acids is 1. The molecule has 2 aromatic carbocycles. The largest absolute Gasteiger partial charge is 0.496 e. The van der Waals surface area contributed by atoms with Crippen molar-refractivity contribution in [1.29, 1.82) is 0 Å². The Kier molecular flexibility index (Phi) is 6.24. The summed E-state index contributed by atoms with van der Waals surface area (Å²) in [6, 6.07) is 17.7. The molecule has 3 heteroatoms. The molecule has 114 valence electrons. The highest BCUT2D eigenvalue weighted by atomic mass is 16.5. The fraction of sp³-hybridized carbons (Fsp3) is 0.211. The van der Waals surface area contributed by atoms with Crippen molar-refractivity contribution in [1.82, 2.24) is 5.32 Å². The number of ether oxygens (including phenoxy) is 1. The van der Waals surface area contributed by atoms with Crippen molar-refractivity contribution in [3.63, 3.8) is 0 Å². The maximum atomic E-state index is 11.9. The average molecular weight is 295 g/mol. The van der Waals surface area contributed by atoms with Crippen LogP contribution in [0.5, 0.6) is 5.75 Å².